The van der Waals surface area contributed by atoms with Gasteiger partial charge in [-0.05, 0) is 75.9 Å². The quantitative estimate of drug-likeness (QED) is 0.877. The van der Waals surface area contributed by atoms with Crippen molar-refractivity contribution in [3.05, 3.63) is 64.2 Å². The van der Waals surface area contributed by atoms with Gasteiger partial charge >= 0.3 is 0 Å². The standard InChI is InChI=1S/C23H28N2O2/c1-15-10-16(2)12-20(11-15)23(27)25-9-5-6-19(14-25)22(26)24-21-8-7-17(3)18(4)13-21/h7-8,10-13,19H,5-6,9,14H2,1-4H3,(H,24,26)/t19-/m1/s1. The van der Waals surface area contributed by atoms with Crippen LogP contribution in [-0.2, 0) is 4.79 Å². The van der Waals surface area contributed by atoms with E-state index in [9.17, 15) is 9.59 Å². The summed E-state index contributed by atoms with van der Waals surface area (Å²) < 4.78 is 0. The van der Waals surface area contributed by atoms with Gasteiger partial charge in [-0.25, -0.2) is 0 Å². The van der Waals surface area contributed by atoms with Crippen LogP contribution in [0.2, 0.25) is 0 Å². The molecule has 3 rings (SSSR count). The lowest BCUT2D eigenvalue weighted by atomic mass is 9.96. The second kappa shape index (κ2) is 7.95. The Labute approximate surface area is 161 Å². The second-order valence-electron chi connectivity index (χ2n) is 7.75. The molecular formula is C23H28N2O2. The maximum absolute atomic E-state index is 12.9. The van der Waals surface area contributed by atoms with Crippen LogP contribution in [0, 0.1) is 33.6 Å². The van der Waals surface area contributed by atoms with Crippen LogP contribution < -0.4 is 5.32 Å². The van der Waals surface area contributed by atoms with E-state index in [0.717, 1.165) is 35.2 Å². The number of nitrogens with zero attached hydrogens (tertiary/aromatic N) is 1. The molecule has 2 aromatic carbocycles. The fourth-order valence-corrected chi connectivity index (χ4v) is 3.72. The maximum atomic E-state index is 12.9. The summed E-state index contributed by atoms with van der Waals surface area (Å²) in [6.07, 6.45) is 1.66. The number of carbonyl (C=O) groups is 2. The fourth-order valence-electron chi connectivity index (χ4n) is 3.72. The van der Waals surface area contributed by atoms with Gasteiger partial charge in [-0.2, -0.15) is 0 Å². The molecule has 1 N–H and O–H groups in total. The summed E-state index contributed by atoms with van der Waals surface area (Å²) in [5, 5.41) is 3.02. The molecule has 0 aliphatic carbocycles. The van der Waals surface area contributed by atoms with E-state index in [1.54, 1.807) is 0 Å². The largest absolute Gasteiger partial charge is 0.338 e. The van der Waals surface area contributed by atoms with Crippen molar-refractivity contribution < 1.29 is 9.59 Å². The van der Waals surface area contributed by atoms with Crippen LogP contribution in [0.4, 0.5) is 5.69 Å². The Morgan fingerprint density at radius 1 is 0.963 bits per heavy atom. The lowest BCUT2D eigenvalue weighted by Crippen LogP contribution is -2.43. The smallest absolute Gasteiger partial charge is 0.253 e. The number of benzene rings is 2. The minimum absolute atomic E-state index is 0.00354. The van der Waals surface area contributed by atoms with Gasteiger partial charge < -0.3 is 10.2 Å². The number of aryl methyl sites for hydroxylation is 4. The number of rotatable bonds is 3. The first-order valence-electron chi connectivity index (χ1n) is 9.59. The molecule has 0 aromatic heterocycles. The molecule has 0 unspecified atom stereocenters. The minimum Gasteiger partial charge on any atom is -0.338 e. The zero-order valence-corrected chi connectivity index (χ0v) is 16.6. The highest BCUT2D eigenvalue weighted by atomic mass is 16.2. The van der Waals surface area contributed by atoms with Crippen molar-refractivity contribution in [1.29, 1.82) is 0 Å². The van der Waals surface area contributed by atoms with E-state index < -0.39 is 0 Å². The molecular weight excluding hydrogens is 336 g/mol. The van der Waals surface area contributed by atoms with Crippen LogP contribution >= 0.6 is 0 Å². The van der Waals surface area contributed by atoms with Crippen LogP contribution in [0.3, 0.4) is 0 Å². The van der Waals surface area contributed by atoms with Crippen LogP contribution in [0.25, 0.3) is 0 Å². The van der Waals surface area contributed by atoms with E-state index in [1.807, 2.05) is 56.0 Å². The van der Waals surface area contributed by atoms with E-state index in [4.69, 9.17) is 0 Å². The van der Waals surface area contributed by atoms with Crippen molar-refractivity contribution >= 4 is 17.5 Å². The summed E-state index contributed by atoms with van der Waals surface area (Å²) in [6, 6.07) is 11.9. The first kappa shape index (κ1) is 19.2. The molecule has 1 aliphatic rings. The van der Waals surface area contributed by atoms with Crippen molar-refractivity contribution in [2.24, 2.45) is 5.92 Å². The molecule has 2 aromatic rings. The molecule has 1 fully saturated rings. The molecule has 0 radical (unpaired) electrons. The van der Waals surface area contributed by atoms with Gasteiger partial charge in [0.15, 0.2) is 0 Å². The molecule has 1 heterocycles. The van der Waals surface area contributed by atoms with Crippen molar-refractivity contribution in [2.75, 3.05) is 18.4 Å². The highest BCUT2D eigenvalue weighted by Crippen LogP contribution is 2.22. The third-order valence-corrected chi connectivity index (χ3v) is 5.32. The summed E-state index contributed by atoms with van der Waals surface area (Å²) in [6.45, 7) is 9.27. The van der Waals surface area contributed by atoms with Crippen LogP contribution in [0.15, 0.2) is 36.4 Å². The van der Waals surface area contributed by atoms with E-state index >= 15 is 0 Å². The Kier molecular flexibility index (Phi) is 5.64. The molecule has 4 nitrogen and oxygen atoms in total. The zero-order chi connectivity index (χ0) is 19.6. The van der Waals surface area contributed by atoms with Gasteiger partial charge in [-0.15, -0.1) is 0 Å². The summed E-state index contributed by atoms with van der Waals surface area (Å²) in [4.78, 5) is 27.5. The lowest BCUT2D eigenvalue weighted by molar-refractivity contribution is -0.121. The van der Waals surface area contributed by atoms with Gasteiger partial charge in [0, 0.05) is 24.3 Å². The Bertz CT molecular complexity index is 852. The second-order valence-corrected chi connectivity index (χ2v) is 7.75. The number of carbonyl (C=O) groups excluding carboxylic acids is 2. The van der Waals surface area contributed by atoms with Crippen LogP contribution in [-0.4, -0.2) is 29.8 Å². The van der Waals surface area contributed by atoms with Gasteiger partial charge in [0.1, 0.15) is 0 Å². The van der Waals surface area contributed by atoms with E-state index in [-0.39, 0.29) is 17.7 Å². The predicted molar refractivity (Wildman–Crippen MR) is 109 cm³/mol. The Balaban J connectivity index is 1.68. The topological polar surface area (TPSA) is 49.4 Å². The first-order valence-corrected chi connectivity index (χ1v) is 9.59. The van der Waals surface area contributed by atoms with Gasteiger partial charge in [-0.1, -0.05) is 23.3 Å². The third-order valence-electron chi connectivity index (χ3n) is 5.32. The summed E-state index contributed by atoms with van der Waals surface area (Å²) in [5.74, 6) is -0.156. The normalized spacial score (nSPS) is 16.9. The molecule has 142 valence electrons. The van der Waals surface area contributed by atoms with Crippen molar-refractivity contribution in [3.8, 4) is 0 Å². The molecule has 1 saturated heterocycles. The monoisotopic (exact) mass is 364 g/mol. The Morgan fingerprint density at radius 3 is 2.33 bits per heavy atom. The molecule has 2 amide bonds. The van der Waals surface area contributed by atoms with Crippen LogP contribution in [0.1, 0.15) is 45.5 Å². The number of hydrogen-bond donors (Lipinski definition) is 1. The number of hydrogen-bond acceptors (Lipinski definition) is 2. The van der Waals surface area contributed by atoms with E-state index in [1.165, 1.54) is 5.56 Å². The highest BCUT2D eigenvalue weighted by Gasteiger charge is 2.29. The maximum Gasteiger partial charge on any atom is 0.253 e. The number of nitrogens with one attached hydrogen (secondary N) is 1. The molecule has 27 heavy (non-hydrogen) atoms. The average molecular weight is 364 g/mol. The first-order chi connectivity index (χ1) is 12.8. The molecule has 1 aliphatic heterocycles. The van der Waals surface area contributed by atoms with E-state index in [2.05, 4.69) is 18.3 Å². The third kappa shape index (κ3) is 4.57. The predicted octanol–water partition coefficient (Wildman–Crippen LogP) is 4.41. The molecule has 0 spiro atoms. The summed E-state index contributed by atoms with van der Waals surface area (Å²) >= 11 is 0. The van der Waals surface area contributed by atoms with Crippen LogP contribution in [0.5, 0.6) is 0 Å². The van der Waals surface area contributed by atoms with Crippen molar-refractivity contribution in [1.82, 2.24) is 4.90 Å². The molecule has 1 atom stereocenters. The summed E-state index contributed by atoms with van der Waals surface area (Å²) in [5.41, 5.74) is 6.06. The molecule has 0 bridgehead atoms. The number of amides is 2. The van der Waals surface area contributed by atoms with Gasteiger partial charge in [0.2, 0.25) is 5.91 Å². The van der Waals surface area contributed by atoms with Gasteiger partial charge in [0.05, 0.1) is 5.92 Å². The number of piperidine rings is 1. The number of likely N-dealkylation sites (tertiary alicyclic amines) is 1. The lowest BCUT2D eigenvalue weighted by Gasteiger charge is -2.32. The van der Waals surface area contributed by atoms with Crippen molar-refractivity contribution in [3.63, 3.8) is 0 Å². The zero-order valence-electron chi connectivity index (χ0n) is 16.6. The Hall–Kier alpha value is -2.62. The van der Waals surface area contributed by atoms with Gasteiger partial charge in [0.25, 0.3) is 5.91 Å². The SMILES string of the molecule is Cc1cc(C)cc(C(=O)N2CCC[C@@H](C(=O)Nc3ccc(C)c(C)c3)C2)c1. The summed E-state index contributed by atoms with van der Waals surface area (Å²) in [7, 11) is 0. The minimum atomic E-state index is -0.171. The van der Waals surface area contributed by atoms with Crippen molar-refractivity contribution in [2.45, 2.75) is 40.5 Å². The van der Waals surface area contributed by atoms with Gasteiger partial charge in [-0.3, -0.25) is 9.59 Å². The highest BCUT2D eigenvalue weighted by molar-refractivity contribution is 5.96. The fraction of sp³-hybridized carbons (Fsp3) is 0.391. The molecule has 0 saturated carbocycles. The number of anilines is 1. The Morgan fingerprint density at radius 2 is 1.67 bits per heavy atom. The molecule has 4 heteroatoms. The average Bonchev–Trinajstić information content (AvgIpc) is 2.63. The van der Waals surface area contributed by atoms with E-state index in [0.29, 0.717) is 18.7 Å².